The molecule has 7 heteroatoms. The summed E-state index contributed by atoms with van der Waals surface area (Å²) in [6.07, 6.45) is 0. The Bertz CT molecular complexity index is 1110. The van der Waals surface area contributed by atoms with E-state index in [4.69, 9.17) is 14.9 Å². The summed E-state index contributed by atoms with van der Waals surface area (Å²) < 4.78 is 10.9. The van der Waals surface area contributed by atoms with Crippen LogP contribution in [0.5, 0.6) is 5.75 Å². The maximum Gasteiger partial charge on any atom is 0.287 e. The summed E-state index contributed by atoms with van der Waals surface area (Å²) in [4.78, 5) is 12.4. The Hall–Kier alpha value is -3.74. The molecule has 0 bridgehead atoms. The van der Waals surface area contributed by atoms with Gasteiger partial charge in [-0.05, 0) is 48.0 Å². The molecule has 7 nitrogen and oxygen atoms in total. The molecule has 4 aromatic rings. The van der Waals surface area contributed by atoms with Crippen molar-refractivity contribution in [1.29, 1.82) is 0 Å². The monoisotopic (exact) mass is 362 g/mol. The zero-order valence-electron chi connectivity index (χ0n) is 14.7. The number of methoxy groups -OCH3 is 1. The van der Waals surface area contributed by atoms with E-state index in [1.165, 1.54) is 0 Å². The van der Waals surface area contributed by atoms with Crippen LogP contribution in [0.4, 0.5) is 5.82 Å². The number of anilines is 1. The first-order chi connectivity index (χ1) is 13.1. The lowest BCUT2D eigenvalue weighted by Gasteiger charge is -2.05. The quantitative estimate of drug-likeness (QED) is 0.505. The second kappa shape index (κ2) is 6.87. The fraction of sp³-hybridized carbons (Fsp3) is 0.100. The van der Waals surface area contributed by atoms with Crippen molar-refractivity contribution in [3.8, 4) is 17.1 Å². The van der Waals surface area contributed by atoms with Crippen LogP contribution in [0, 0.1) is 0 Å². The Morgan fingerprint density at radius 1 is 1.22 bits per heavy atom. The first-order valence-corrected chi connectivity index (χ1v) is 8.39. The van der Waals surface area contributed by atoms with E-state index in [1.54, 1.807) is 19.2 Å². The van der Waals surface area contributed by atoms with Gasteiger partial charge in [0, 0.05) is 17.5 Å². The minimum absolute atomic E-state index is 0.244. The molecule has 4 N–H and O–H groups in total. The molecule has 1 amide bonds. The van der Waals surface area contributed by atoms with Crippen LogP contribution in [0.25, 0.3) is 22.2 Å². The predicted octanol–water partition coefficient (Wildman–Crippen LogP) is 3.34. The van der Waals surface area contributed by atoms with Crippen molar-refractivity contribution in [3.63, 3.8) is 0 Å². The highest BCUT2D eigenvalue weighted by molar-refractivity contribution is 5.93. The van der Waals surface area contributed by atoms with Crippen molar-refractivity contribution < 1.29 is 13.9 Å². The number of nitrogens with zero attached hydrogens (tertiary/aromatic N) is 1. The summed E-state index contributed by atoms with van der Waals surface area (Å²) in [7, 11) is 1.61. The van der Waals surface area contributed by atoms with Crippen LogP contribution in [0.2, 0.25) is 0 Å². The molecule has 0 saturated carbocycles. The minimum Gasteiger partial charge on any atom is -0.497 e. The number of ether oxygens (including phenoxy) is 1. The number of amides is 1. The zero-order chi connectivity index (χ0) is 18.8. The van der Waals surface area contributed by atoms with Gasteiger partial charge in [-0.3, -0.25) is 9.89 Å². The molecule has 27 heavy (non-hydrogen) atoms. The largest absolute Gasteiger partial charge is 0.497 e. The third-order valence-electron chi connectivity index (χ3n) is 4.29. The standard InChI is InChI=1S/C20H18N4O3/c1-26-14-4-2-3-12(9-14)11-22-20(25)18-8-7-17(27-18)13-5-6-16-15(10-13)19(21)24-23-16/h2-10H,11H2,1H3,(H,22,25)(H3,21,23,24). The third-order valence-corrected chi connectivity index (χ3v) is 4.29. The van der Waals surface area contributed by atoms with Gasteiger partial charge in [0.05, 0.1) is 12.6 Å². The zero-order valence-corrected chi connectivity index (χ0v) is 14.7. The van der Waals surface area contributed by atoms with Crippen molar-refractivity contribution in [2.45, 2.75) is 6.54 Å². The molecule has 0 unspecified atom stereocenters. The van der Waals surface area contributed by atoms with Gasteiger partial charge in [0.1, 0.15) is 11.5 Å². The van der Waals surface area contributed by atoms with Crippen LogP contribution in [-0.4, -0.2) is 23.2 Å². The van der Waals surface area contributed by atoms with Gasteiger partial charge in [-0.25, -0.2) is 0 Å². The molecule has 0 saturated heterocycles. The molecule has 2 aromatic heterocycles. The molecule has 0 aliphatic carbocycles. The van der Waals surface area contributed by atoms with E-state index >= 15 is 0 Å². The number of rotatable bonds is 5. The smallest absolute Gasteiger partial charge is 0.287 e. The molecule has 4 rings (SSSR count). The van der Waals surface area contributed by atoms with Crippen molar-refractivity contribution in [2.75, 3.05) is 12.8 Å². The number of aromatic nitrogens is 2. The van der Waals surface area contributed by atoms with Crippen LogP contribution in [0.15, 0.2) is 59.0 Å². The lowest BCUT2D eigenvalue weighted by Crippen LogP contribution is -2.22. The number of fused-ring (bicyclic) bond motifs is 1. The molecule has 2 heterocycles. The SMILES string of the molecule is COc1cccc(CNC(=O)c2ccc(-c3ccc4[nH]nc(N)c4c3)o2)c1. The number of nitrogen functional groups attached to an aromatic ring is 1. The van der Waals surface area contributed by atoms with Gasteiger partial charge in [0.2, 0.25) is 0 Å². The predicted molar refractivity (Wildman–Crippen MR) is 102 cm³/mol. The van der Waals surface area contributed by atoms with E-state index < -0.39 is 0 Å². The number of furan rings is 1. The lowest BCUT2D eigenvalue weighted by atomic mass is 10.1. The average Bonchev–Trinajstić information content (AvgIpc) is 3.33. The Balaban J connectivity index is 1.49. The van der Waals surface area contributed by atoms with Gasteiger partial charge in [0.15, 0.2) is 11.6 Å². The molecule has 0 spiro atoms. The lowest BCUT2D eigenvalue weighted by molar-refractivity contribution is 0.0924. The molecule has 0 aliphatic rings. The van der Waals surface area contributed by atoms with E-state index in [0.29, 0.717) is 18.1 Å². The summed E-state index contributed by atoms with van der Waals surface area (Å²) >= 11 is 0. The van der Waals surface area contributed by atoms with Crippen molar-refractivity contribution in [1.82, 2.24) is 15.5 Å². The summed E-state index contributed by atoms with van der Waals surface area (Å²) in [6.45, 7) is 0.379. The minimum atomic E-state index is -0.284. The topological polar surface area (TPSA) is 106 Å². The highest BCUT2D eigenvalue weighted by atomic mass is 16.5. The summed E-state index contributed by atoms with van der Waals surface area (Å²) in [5.74, 6) is 1.72. The third kappa shape index (κ3) is 3.35. The first kappa shape index (κ1) is 16.7. The first-order valence-electron chi connectivity index (χ1n) is 8.39. The molecule has 0 atom stereocenters. The second-order valence-electron chi connectivity index (χ2n) is 6.07. The van der Waals surface area contributed by atoms with Crippen LogP contribution in [0.3, 0.4) is 0 Å². The fourth-order valence-corrected chi connectivity index (χ4v) is 2.85. The van der Waals surface area contributed by atoms with Gasteiger partial charge < -0.3 is 20.2 Å². The van der Waals surface area contributed by atoms with Crippen molar-refractivity contribution in [3.05, 3.63) is 65.9 Å². The Kier molecular flexibility index (Phi) is 4.25. The number of aromatic amines is 1. The fourth-order valence-electron chi connectivity index (χ4n) is 2.85. The average molecular weight is 362 g/mol. The van der Waals surface area contributed by atoms with Gasteiger partial charge in [-0.2, -0.15) is 5.10 Å². The number of benzene rings is 2. The number of hydrogen-bond donors (Lipinski definition) is 3. The summed E-state index contributed by atoms with van der Waals surface area (Å²) in [6, 6.07) is 16.6. The maximum absolute atomic E-state index is 12.4. The van der Waals surface area contributed by atoms with Gasteiger partial charge in [0.25, 0.3) is 5.91 Å². The number of nitrogens with two attached hydrogens (primary N) is 1. The number of hydrogen-bond acceptors (Lipinski definition) is 5. The van der Waals surface area contributed by atoms with Gasteiger partial charge in [-0.1, -0.05) is 12.1 Å². The van der Waals surface area contributed by atoms with Crippen LogP contribution in [-0.2, 0) is 6.54 Å². The normalized spacial score (nSPS) is 10.9. The number of nitrogens with one attached hydrogen (secondary N) is 2. The van der Waals surface area contributed by atoms with Gasteiger partial charge >= 0.3 is 0 Å². The Labute approximate surface area is 155 Å². The maximum atomic E-state index is 12.4. The van der Waals surface area contributed by atoms with E-state index in [0.717, 1.165) is 27.8 Å². The van der Waals surface area contributed by atoms with E-state index in [1.807, 2.05) is 42.5 Å². The molecule has 0 fully saturated rings. The number of H-pyrrole nitrogens is 1. The van der Waals surface area contributed by atoms with Crippen molar-refractivity contribution in [2.24, 2.45) is 0 Å². The van der Waals surface area contributed by atoms with Gasteiger partial charge in [-0.15, -0.1) is 0 Å². The summed E-state index contributed by atoms with van der Waals surface area (Å²) in [5, 5.41) is 10.5. The van der Waals surface area contributed by atoms with Crippen molar-refractivity contribution >= 4 is 22.6 Å². The Morgan fingerprint density at radius 3 is 2.96 bits per heavy atom. The molecule has 0 radical (unpaired) electrons. The van der Waals surface area contributed by atoms with Crippen LogP contribution < -0.4 is 15.8 Å². The Morgan fingerprint density at radius 2 is 2.11 bits per heavy atom. The van der Waals surface area contributed by atoms with E-state index in [9.17, 15) is 4.79 Å². The van der Waals surface area contributed by atoms with Crippen LogP contribution in [0.1, 0.15) is 16.1 Å². The van der Waals surface area contributed by atoms with Crippen LogP contribution >= 0.6 is 0 Å². The number of carbonyl (C=O) groups is 1. The number of carbonyl (C=O) groups excluding carboxylic acids is 1. The molecule has 0 aliphatic heterocycles. The van der Waals surface area contributed by atoms with E-state index in [-0.39, 0.29) is 11.7 Å². The highest BCUT2D eigenvalue weighted by Gasteiger charge is 2.13. The summed E-state index contributed by atoms with van der Waals surface area (Å²) in [5.41, 5.74) is 8.45. The van der Waals surface area contributed by atoms with E-state index in [2.05, 4.69) is 15.5 Å². The molecular formula is C20H18N4O3. The highest BCUT2D eigenvalue weighted by Crippen LogP contribution is 2.27. The molecular weight excluding hydrogens is 344 g/mol. The molecule has 2 aromatic carbocycles. The molecule has 136 valence electrons. The second-order valence-corrected chi connectivity index (χ2v) is 6.07.